The number of aryl methyl sites for hydroxylation is 1. The van der Waals surface area contributed by atoms with E-state index in [1.54, 1.807) is 18.2 Å². The predicted octanol–water partition coefficient (Wildman–Crippen LogP) is 1.42. The van der Waals surface area contributed by atoms with Gasteiger partial charge < -0.3 is 22.5 Å². The molecule has 1 aromatic rings. The first-order valence-electron chi connectivity index (χ1n) is 8.23. The summed E-state index contributed by atoms with van der Waals surface area (Å²) < 4.78 is 14.4. The molecule has 7 heteroatoms. The fourth-order valence-corrected chi connectivity index (χ4v) is 2.37. The number of halogens is 1. The van der Waals surface area contributed by atoms with Gasteiger partial charge in [0.25, 0.3) is 0 Å². The molecule has 0 saturated heterocycles. The van der Waals surface area contributed by atoms with Crippen molar-refractivity contribution in [2.75, 3.05) is 11.9 Å². The van der Waals surface area contributed by atoms with Crippen molar-refractivity contribution in [1.29, 1.82) is 0 Å². The second kappa shape index (κ2) is 10.6. The molecule has 2 amide bonds. The van der Waals surface area contributed by atoms with Gasteiger partial charge in [0.1, 0.15) is 5.82 Å². The minimum absolute atomic E-state index is 0.219. The number of hydrogen-bond acceptors (Lipinski definition) is 4. The SMILES string of the molecule is NC(=O)CCCCCc1cccc(NC[C@@H](N)CCC(N)=O)c1F. The van der Waals surface area contributed by atoms with E-state index >= 15 is 0 Å². The fraction of sp³-hybridized carbons (Fsp3) is 0.529. The van der Waals surface area contributed by atoms with Gasteiger partial charge in [0, 0.05) is 25.4 Å². The van der Waals surface area contributed by atoms with Crippen molar-refractivity contribution in [3.05, 3.63) is 29.6 Å². The number of hydrogen-bond donors (Lipinski definition) is 4. The molecule has 0 spiro atoms. The second-order valence-corrected chi connectivity index (χ2v) is 5.95. The highest BCUT2D eigenvalue weighted by atomic mass is 19.1. The number of carbonyl (C=O) groups excluding carboxylic acids is 2. The van der Waals surface area contributed by atoms with Crippen LogP contribution in [0.1, 0.15) is 44.1 Å². The Morgan fingerprint density at radius 1 is 1.08 bits per heavy atom. The predicted molar refractivity (Wildman–Crippen MR) is 92.7 cm³/mol. The third-order valence-corrected chi connectivity index (χ3v) is 3.76. The molecular formula is C17H27FN4O2. The van der Waals surface area contributed by atoms with Crippen LogP contribution in [0.15, 0.2) is 18.2 Å². The van der Waals surface area contributed by atoms with E-state index in [0.29, 0.717) is 37.1 Å². The van der Waals surface area contributed by atoms with Crippen LogP contribution >= 0.6 is 0 Å². The lowest BCUT2D eigenvalue weighted by Gasteiger charge is -2.15. The Hall–Kier alpha value is -2.15. The van der Waals surface area contributed by atoms with Crippen LogP contribution in [0.25, 0.3) is 0 Å². The molecule has 24 heavy (non-hydrogen) atoms. The molecule has 0 saturated carbocycles. The normalized spacial score (nSPS) is 11.9. The quantitative estimate of drug-likeness (QED) is 0.430. The smallest absolute Gasteiger partial charge is 0.217 e. The van der Waals surface area contributed by atoms with Gasteiger partial charge in [-0.2, -0.15) is 0 Å². The third-order valence-electron chi connectivity index (χ3n) is 3.76. The van der Waals surface area contributed by atoms with Gasteiger partial charge in [-0.1, -0.05) is 18.6 Å². The number of benzene rings is 1. The number of primary amides is 2. The monoisotopic (exact) mass is 338 g/mol. The minimum Gasteiger partial charge on any atom is -0.381 e. The Kier molecular flexibility index (Phi) is 8.78. The van der Waals surface area contributed by atoms with Gasteiger partial charge in [0.2, 0.25) is 11.8 Å². The van der Waals surface area contributed by atoms with Gasteiger partial charge in [-0.3, -0.25) is 9.59 Å². The van der Waals surface area contributed by atoms with Gasteiger partial charge in [0.15, 0.2) is 0 Å². The number of nitrogens with one attached hydrogen (secondary N) is 1. The van der Waals surface area contributed by atoms with Crippen molar-refractivity contribution in [2.24, 2.45) is 17.2 Å². The molecule has 0 bridgehead atoms. The van der Waals surface area contributed by atoms with E-state index in [2.05, 4.69) is 5.32 Å². The summed E-state index contributed by atoms with van der Waals surface area (Å²) in [7, 11) is 0. The Bertz CT molecular complexity index is 551. The first-order valence-corrected chi connectivity index (χ1v) is 8.23. The zero-order chi connectivity index (χ0) is 17.9. The maximum Gasteiger partial charge on any atom is 0.217 e. The molecule has 6 nitrogen and oxygen atoms in total. The van der Waals surface area contributed by atoms with Crippen LogP contribution in [-0.2, 0) is 16.0 Å². The Morgan fingerprint density at radius 2 is 1.79 bits per heavy atom. The summed E-state index contributed by atoms with van der Waals surface area (Å²) in [6.45, 7) is 0.367. The van der Waals surface area contributed by atoms with Crippen LogP contribution in [-0.4, -0.2) is 24.4 Å². The van der Waals surface area contributed by atoms with Crippen LogP contribution in [0.2, 0.25) is 0 Å². The molecule has 1 aromatic carbocycles. The van der Waals surface area contributed by atoms with Crippen LogP contribution in [0.3, 0.4) is 0 Å². The summed E-state index contributed by atoms with van der Waals surface area (Å²) in [5, 5.41) is 2.98. The topological polar surface area (TPSA) is 124 Å². The lowest BCUT2D eigenvalue weighted by molar-refractivity contribution is -0.119. The van der Waals surface area contributed by atoms with E-state index in [4.69, 9.17) is 17.2 Å². The van der Waals surface area contributed by atoms with Gasteiger partial charge in [-0.15, -0.1) is 0 Å². The average Bonchev–Trinajstić information content (AvgIpc) is 2.52. The van der Waals surface area contributed by atoms with E-state index in [1.165, 1.54) is 0 Å². The molecule has 0 aliphatic carbocycles. The lowest BCUT2D eigenvalue weighted by atomic mass is 10.0. The van der Waals surface area contributed by atoms with Crippen molar-refractivity contribution in [2.45, 2.75) is 51.0 Å². The molecule has 0 aliphatic rings. The zero-order valence-corrected chi connectivity index (χ0v) is 13.9. The van der Waals surface area contributed by atoms with Crippen LogP contribution in [0.5, 0.6) is 0 Å². The van der Waals surface area contributed by atoms with Crippen molar-refractivity contribution in [1.82, 2.24) is 0 Å². The first-order chi connectivity index (χ1) is 11.4. The summed E-state index contributed by atoms with van der Waals surface area (Å²) in [5.74, 6) is -0.982. The van der Waals surface area contributed by atoms with Crippen LogP contribution in [0, 0.1) is 5.82 Å². The zero-order valence-electron chi connectivity index (χ0n) is 13.9. The number of anilines is 1. The van der Waals surface area contributed by atoms with Crippen molar-refractivity contribution in [3.63, 3.8) is 0 Å². The largest absolute Gasteiger partial charge is 0.381 e. The highest BCUT2D eigenvalue weighted by Gasteiger charge is 2.10. The van der Waals surface area contributed by atoms with Crippen LogP contribution < -0.4 is 22.5 Å². The highest BCUT2D eigenvalue weighted by Crippen LogP contribution is 2.20. The summed E-state index contributed by atoms with van der Waals surface area (Å²) in [6, 6.07) is 4.93. The van der Waals surface area contributed by atoms with E-state index in [-0.39, 0.29) is 24.2 Å². The first kappa shape index (κ1) is 19.9. The molecular weight excluding hydrogens is 311 g/mol. The van der Waals surface area contributed by atoms with Gasteiger partial charge in [0.05, 0.1) is 5.69 Å². The number of amides is 2. The Labute approximate surface area is 142 Å². The van der Waals surface area contributed by atoms with E-state index < -0.39 is 5.91 Å². The molecule has 1 atom stereocenters. The molecule has 7 N–H and O–H groups in total. The Morgan fingerprint density at radius 3 is 2.46 bits per heavy atom. The minimum atomic E-state index is -0.394. The van der Waals surface area contributed by atoms with Crippen molar-refractivity contribution >= 4 is 17.5 Å². The molecule has 0 fully saturated rings. The highest BCUT2D eigenvalue weighted by molar-refractivity contribution is 5.73. The maximum atomic E-state index is 14.4. The van der Waals surface area contributed by atoms with Gasteiger partial charge in [-0.05, 0) is 37.3 Å². The lowest BCUT2D eigenvalue weighted by Crippen LogP contribution is -2.30. The van der Waals surface area contributed by atoms with Gasteiger partial charge in [-0.25, -0.2) is 4.39 Å². The van der Waals surface area contributed by atoms with Crippen LogP contribution in [0.4, 0.5) is 10.1 Å². The number of rotatable bonds is 12. The average molecular weight is 338 g/mol. The molecule has 0 unspecified atom stereocenters. The van der Waals surface area contributed by atoms with E-state index in [1.807, 2.05) is 0 Å². The standard InChI is InChI=1S/C17H27FN4O2/c18-17-12(5-2-1-3-8-15(20)23)6-4-7-14(17)22-11-13(19)9-10-16(21)24/h4,6-7,13,22H,1-3,5,8-11,19H2,(H2,20,23)(H2,21,24)/t13-/m0/s1. The number of carbonyl (C=O) groups is 2. The summed E-state index contributed by atoms with van der Waals surface area (Å²) in [6.07, 6.45) is 4.01. The molecule has 0 aromatic heterocycles. The van der Waals surface area contributed by atoms with Crippen molar-refractivity contribution in [3.8, 4) is 0 Å². The number of unbranched alkanes of at least 4 members (excludes halogenated alkanes) is 2. The van der Waals surface area contributed by atoms with E-state index in [9.17, 15) is 14.0 Å². The summed E-state index contributed by atoms with van der Waals surface area (Å²) in [5.41, 5.74) is 17.1. The fourth-order valence-electron chi connectivity index (χ4n) is 2.37. The molecule has 134 valence electrons. The summed E-state index contributed by atoms with van der Waals surface area (Å²) in [4.78, 5) is 21.4. The third kappa shape index (κ3) is 7.92. The Balaban J connectivity index is 2.43. The second-order valence-electron chi connectivity index (χ2n) is 5.95. The van der Waals surface area contributed by atoms with Crippen molar-refractivity contribution < 1.29 is 14.0 Å². The molecule has 1 rings (SSSR count). The van der Waals surface area contributed by atoms with Gasteiger partial charge >= 0.3 is 0 Å². The molecule has 0 heterocycles. The molecule has 0 aliphatic heterocycles. The summed E-state index contributed by atoms with van der Waals surface area (Å²) >= 11 is 0. The maximum absolute atomic E-state index is 14.4. The van der Waals surface area contributed by atoms with E-state index in [0.717, 1.165) is 19.3 Å². The number of nitrogens with two attached hydrogens (primary N) is 3. The molecule has 0 radical (unpaired) electrons.